The Morgan fingerprint density at radius 3 is 2.87 bits per heavy atom. The molecule has 0 aromatic carbocycles. The van der Waals surface area contributed by atoms with Gasteiger partial charge in [-0.15, -0.1) is 5.10 Å². The van der Waals surface area contributed by atoms with Crippen LogP contribution in [0, 0.1) is 6.92 Å². The standard InChI is InChI=1S/C8H8BrN5S/c1-5-3-6(9)4-10-7(5)15-8-11-12-13-14(8)2/h3-4H,1-2H3. The second-order valence-corrected chi connectivity index (χ2v) is 4.83. The van der Waals surface area contributed by atoms with Gasteiger partial charge in [-0.2, -0.15) is 0 Å². The van der Waals surface area contributed by atoms with E-state index >= 15 is 0 Å². The molecule has 0 aliphatic rings. The molecule has 0 unspecified atom stereocenters. The molecular weight excluding hydrogens is 278 g/mol. The van der Waals surface area contributed by atoms with Gasteiger partial charge in [0.2, 0.25) is 5.16 Å². The third kappa shape index (κ3) is 2.35. The predicted octanol–water partition coefficient (Wildman–Crippen LogP) is 1.83. The van der Waals surface area contributed by atoms with Crippen molar-refractivity contribution in [3.63, 3.8) is 0 Å². The number of aromatic nitrogens is 5. The maximum absolute atomic E-state index is 4.30. The van der Waals surface area contributed by atoms with Crippen LogP contribution in [0.5, 0.6) is 0 Å². The SMILES string of the molecule is Cc1cc(Br)cnc1Sc1nnnn1C. The Morgan fingerprint density at radius 1 is 1.47 bits per heavy atom. The minimum Gasteiger partial charge on any atom is -0.248 e. The van der Waals surface area contributed by atoms with E-state index in [-0.39, 0.29) is 0 Å². The lowest BCUT2D eigenvalue weighted by Crippen LogP contribution is -1.94. The zero-order valence-electron chi connectivity index (χ0n) is 8.18. The Bertz CT molecular complexity index is 484. The predicted molar refractivity (Wildman–Crippen MR) is 59.6 cm³/mol. The summed E-state index contributed by atoms with van der Waals surface area (Å²) < 4.78 is 2.59. The number of hydrogen-bond acceptors (Lipinski definition) is 5. The van der Waals surface area contributed by atoms with E-state index in [1.54, 1.807) is 17.9 Å². The Kier molecular flexibility index (Phi) is 3.01. The van der Waals surface area contributed by atoms with Crippen LogP contribution in [-0.4, -0.2) is 25.2 Å². The number of rotatable bonds is 2. The number of tetrazole rings is 1. The summed E-state index contributed by atoms with van der Waals surface area (Å²) in [7, 11) is 1.80. The Morgan fingerprint density at radius 2 is 2.27 bits per heavy atom. The monoisotopic (exact) mass is 285 g/mol. The maximum atomic E-state index is 4.30. The second kappa shape index (κ2) is 4.28. The van der Waals surface area contributed by atoms with Crippen molar-refractivity contribution in [2.24, 2.45) is 7.05 Å². The minimum absolute atomic E-state index is 0.730. The molecule has 78 valence electrons. The minimum atomic E-state index is 0.730. The summed E-state index contributed by atoms with van der Waals surface area (Å²) in [5.74, 6) is 0. The molecule has 0 bridgehead atoms. The van der Waals surface area contributed by atoms with Gasteiger partial charge in [-0.3, -0.25) is 0 Å². The van der Waals surface area contributed by atoms with Crippen molar-refractivity contribution in [2.75, 3.05) is 0 Å². The van der Waals surface area contributed by atoms with Crippen molar-refractivity contribution >= 4 is 27.7 Å². The highest BCUT2D eigenvalue weighted by molar-refractivity contribution is 9.10. The van der Waals surface area contributed by atoms with Crippen LogP contribution >= 0.6 is 27.7 Å². The first-order valence-electron chi connectivity index (χ1n) is 4.19. The van der Waals surface area contributed by atoms with Gasteiger partial charge in [-0.25, -0.2) is 9.67 Å². The third-order valence-electron chi connectivity index (χ3n) is 1.77. The van der Waals surface area contributed by atoms with Gasteiger partial charge < -0.3 is 0 Å². The summed E-state index contributed by atoms with van der Waals surface area (Å²) in [6, 6.07) is 2.01. The molecule has 2 aromatic rings. The van der Waals surface area contributed by atoms with Crippen LogP contribution in [0.3, 0.4) is 0 Å². The van der Waals surface area contributed by atoms with Gasteiger partial charge in [0.1, 0.15) is 5.03 Å². The molecule has 0 spiro atoms. The lowest BCUT2D eigenvalue weighted by atomic mass is 10.3. The van der Waals surface area contributed by atoms with E-state index in [1.165, 1.54) is 11.8 Å². The van der Waals surface area contributed by atoms with Crippen LogP contribution in [0.15, 0.2) is 26.9 Å². The molecule has 0 aliphatic carbocycles. The maximum Gasteiger partial charge on any atom is 0.215 e. The van der Waals surface area contributed by atoms with Crippen LogP contribution < -0.4 is 0 Å². The van der Waals surface area contributed by atoms with Crippen LogP contribution in [0.1, 0.15) is 5.56 Å². The highest BCUT2D eigenvalue weighted by Crippen LogP contribution is 2.27. The number of halogens is 1. The molecule has 7 heteroatoms. The number of nitrogens with zero attached hydrogens (tertiary/aromatic N) is 5. The zero-order chi connectivity index (χ0) is 10.8. The van der Waals surface area contributed by atoms with Gasteiger partial charge in [-0.1, -0.05) is 0 Å². The van der Waals surface area contributed by atoms with Crippen molar-refractivity contribution in [3.8, 4) is 0 Å². The van der Waals surface area contributed by atoms with Crippen molar-refractivity contribution in [1.29, 1.82) is 0 Å². The molecule has 2 heterocycles. The van der Waals surface area contributed by atoms with E-state index < -0.39 is 0 Å². The summed E-state index contributed by atoms with van der Waals surface area (Å²) in [5, 5.41) is 12.9. The average molecular weight is 286 g/mol. The third-order valence-corrected chi connectivity index (χ3v) is 3.35. The molecule has 0 aliphatic heterocycles. The largest absolute Gasteiger partial charge is 0.248 e. The molecule has 0 fully saturated rings. The Balaban J connectivity index is 2.29. The lowest BCUT2D eigenvalue weighted by Gasteiger charge is -2.02. The normalized spacial score (nSPS) is 10.6. The first kappa shape index (κ1) is 10.6. The molecule has 2 rings (SSSR count). The van der Waals surface area contributed by atoms with Gasteiger partial charge >= 0.3 is 0 Å². The smallest absolute Gasteiger partial charge is 0.215 e. The fourth-order valence-electron chi connectivity index (χ4n) is 1.03. The molecule has 0 atom stereocenters. The average Bonchev–Trinajstić information content (AvgIpc) is 2.57. The van der Waals surface area contributed by atoms with Crippen molar-refractivity contribution in [3.05, 3.63) is 22.3 Å². The lowest BCUT2D eigenvalue weighted by molar-refractivity contribution is 0.664. The van der Waals surface area contributed by atoms with E-state index in [4.69, 9.17) is 0 Å². The fraction of sp³-hybridized carbons (Fsp3) is 0.250. The molecule has 0 amide bonds. The van der Waals surface area contributed by atoms with Crippen LogP contribution in [0.4, 0.5) is 0 Å². The number of hydrogen-bond donors (Lipinski definition) is 0. The Hall–Kier alpha value is -0.950. The summed E-state index contributed by atoms with van der Waals surface area (Å²) in [6.45, 7) is 2.00. The molecule has 15 heavy (non-hydrogen) atoms. The zero-order valence-corrected chi connectivity index (χ0v) is 10.6. The van der Waals surface area contributed by atoms with E-state index in [0.717, 1.165) is 20.2 Å². The van der Waals surface area contributed by atoms with Gasteiger partial charge in [-0.05, 0) is 56.7 Å². The van der Waals surface area contributed by atoms with Gasteiger partial charge in [0.15, 0.2) is 0 Å². The fourth-order valence-corrected chi connectivity index (χ4v) is 2.22. The first-order chi connectivity index (χ1) is 7.16. The van der Waals surface area contributed by atoms with Gasteiger partial charge in [0.05, 0.1) is 0 Å². The molecule has 2 aromatic heterocycles. The number of pyridine rings is 1. The molecule has 0 N–H and O–H groups in total. The quantitative estimate of drug-likeness (QED) is 0.843. The molecule has 0 saturated carbocycles. The van der Waals surface area contributed by atoms with Crippen LogP contribution in [0.25, 0.3) is 0 Å². The summed E-state index contributed by atoms with van der Waals surface area (Å²) in [5.41, 5.74) is 1.09. The first-order valence-corrected chi connectivity index (χ1v) is 5.80. The highest BCUT2D eigenvalue weighted by Gasteiger charge is 2.08. The van der Waals surface area contributed by atoms with Crippen molar-refractivity contribution < 1.29 is 0 Å². The van der Waals surface area contributed by atoms with Crippen LogP contribution in [-0.2, 0) is 7.05 Å². The molecule has 0 radical (unpaired) electrons. The van der Waals surface area contributed by atoms with E-state index in [1.807, 2.05) is 13.0 Å². The van der Waals surface area contributed by atoms with Crippen LogP contribution in [0.2, 0.25) is 0 Å². The second-order valence-electron chi connectivity index (χ2n) is 2.96. The number of aryl methyl sites for hydroxylation is 2. The summed E-state index contributed by atoms with van der Waals surface area (Å²) in [6.07, 6.45) is 1.76. The van der Waals surface area contributed by atoms with E-state index in [0.29, 0.717) is 0 Å². The summed E-state index contributed by atoms with van der Waals surface area (Å²) >= 11 is 4.82. The van der Waals surface area contributed by atoms with Gasteiger partial charge in [0, 0.05) is 17.7 Å². The van der Waals surface area contributed by atoms with Crippen molar-refractivity contribution in [1.82, 2.24) is 25.2 Å². The molecule has 5 nitrogen and oxygen atoms in total. The van der Waals surface area contributed by atoms with Gasteiger partial charge in [0.25, 0.3) is 0 Å². The highest BCUT2D eigenvalue weighted by atomic mass is 79.9. The van der Waals surface area contributed by atoms with E-state index in [2.05, 4.69) is 36.4 Å². The Labute approximate surface area is 99.4 Å². The van der Waals surface area contributed by atoms with E-state index in [9.17, 15) is 0 Å². The summed E-state index contributed by atoms with van der Waals surface area (Å²) in [4.78, 5) is 4.30. The van der Waals surface area contributed by atoms with Crippen molar-refractivity contribution in [2.45, 2.75) is 17.1 Å². The molecular formula is C8H8BrN5S. The topological polar surface area (TPSA) is 56.5 Å². The molecule has 0 saturated heterocycles.